The van der Waals surface area contributed by atoms with Gasteiger partial charge >= 0.3 is 6.03 Å². The molecule has 1 saturated carbocycles. The molecule has 24 heavy (non-hydrogen) atoms. The number of hydrogen-bond donors (Lipinski definition) is 2. The lowest BCUT2D eigenvalue weighted by Gasteiger charge is -2.43. The van der Waals surface area contributed by atoms with Gasteiger partial charge in [0.15, 0.2) is 0 Å². The Hall–Kier alpha value is -1.59. The summed E-state index contributed by atoms with van der Waals surface area (Å²) >= 11 is 0. The predicted octanol–water partition coefficient (Wildman–Crippen LogP) is 2.28. The van der Waals surface area contributed by atoms with Crippen LogP contribution >= 0.6 is 0 Å². The number of carbonyl (C=O) groups excluding carboxylic acids is 3. The highest BCUT2D eigenvalue weighted by Crippen LogP contribution is 2.46. The molecule has 0 radical (unpaired) electrons. The SMILES string of the molecule is CC1CC(C)(C)CC2(C1)NC(=O)N(CC(=O)NC(C)C(C)C)C2=O. The molecule has 1 aliphatic heterocycles. The summed E-state index contributed by atoms with van der Waals surface area (Å²) in [5.41, 5.74) is -0.854. The average Bonchev–Trinajstić information content (AvgIpc) is 2.60. The van der Waals surface area contributed by atoms with Gasteiger partial charge in [-0.15, -0.1) is 0 Å². The minimum Gasteiger partial charge on any atom is -0.352 e. The second-order valence-corrected chi connectivity index (χ2v) is 8.86. The van der Waals surface area contributed by atoms with Gasteiger partial charge in [0.1, 0.15) is 12.1 Å². The Morgan fingerprint density at radius 2 is 1.92 bits per heavy atom. The van der Waals surface area contributed by atoms with Crippen LogP contribution in [0.2, 0.25) is 0 Å². The molecule has 136 valence electrons. The van der Waals surface area contributed by atoms with E-state index >= 15 is 0 Å². The van der Waals surface area contributed by atoms with Crippen molar-refractivity contribution in [2.24, 2.45) is 17.3 Å². The zero-order valence-corrected chi connectivity index (χ0v) is 15.7. The molecule has 0 aromatic heterocycles. The normalized spacial score (nSPS) is 30.6. The highest BCUT2D eigenvalue weighted by molar-refractivity contribution is 6.09. The van der Waals surface area contributed by atoms with Gasteiger partial charge in [-0.05, 0) is 43.4 Å². The van der Waals surface area contributed by atoms with Crippen LogP contribution in [0.4, 0.5) is 4.79 Å². The first kappa shape index (κ1) is 18.7. The first-order valence-corrected chi connectivity index (χ1v) is 8.89. The lowest BCUT2D eigenvalue weighted by atomic mass is 9.64. The highest BCUT2D eigenvalue weighted by Gasteiger charge is 2.56. The fraction of sp³-hybridized carbons (Fsp3) is 0.833. The average molecular weight is 337 g/mol. The smallest absolute Gasteiger partial charge is 0.325 e. The number of imide groups is 1. The van der Waals surface area contributed by atoms with E-state index in [2.05, 4.69) is 31.4 Å². The number of nitrogens with zero attached hydrogens (tertiary/aromatic N) is 1. The van der Waals surface area contributed by atoms with Gasteiger partial charge < -0.3 is 10.6 Å². The van der Waals surface area contributed by atoms with E-state index in [1.165, 1.54) is 0 Å². The van der Waals surface area contributed by atoms with Gasteiger partial charge in [0.05, 0.1) is 0 Å². The van der Waals surface area contributed by atoms with Gasteiger partial charge in [0, 0.05) is 6.04 Å². The lowest BCUT2D eigenvalue weighted by molar-refractivity contribution is -0.137. The van der Waals surface area contributed by atoms with E-state index in [0.717, 1.165) is 11.3 Å². The summed E-state index contributed by atoms with van der Waals surface area (Å²) in [6.07, 6.45) is 2.29. The topological polar surface area (TPSA) is 78.5 Å². The molecular weight excluding hydrogens is 306 g/mol. The van der Waals surface area contributed by atoms with E-state index in [1.807, 2.05) is 20.8 Å². The van der Waals surface area contributed by atoms with Gasteiger partial charge in [0.2, 0.25) is 5.91 Å². The first-order valence-electron chi connectivity index (χ1n) is 8.89. The van der Waals surface area contributed by atoms with Crippen LogP contribution in [-0.2, 0) is 9.59 Å². The minimum absolute atomic E-state index is 0.000799. The Morgan fingerprint density at radius 3 is 2.46 bits per heavy atom. The summed E-state index contributed by atoms with van der Waals surface area (Å²) in [6.45, 7) is 12.1. The summed E-state index contributed by atoms with van der Waals surface area (Å²) < 4.78 is 0. The standard InChI is InChI=1S/C18H31N3O3/c1-11(2)13(4)19-14(22)9-21-15(23)18(20-16(21)24)8-12(3)7-17(5,6)10-18/h11-13H,7-10H2,1-6H3,(H,19,22)(H,20,24). The molecule has 0 bridgehead atoms. The van der Waals surface area contributed by atoms with E-state index < -0.39 is 11.6 Å². The molecule has 2 rings (SSSR count). The van der Waals surface area contributed by atoms with Crippen LogP contribution in [0.25, 0.3) is 0 Å². The van der Waals surface area contributed by atoms with Crippen molar-refractivity contribution in [3.8, 4) is 0 Å². The molecule has 2 N–H and O–H groups in total. The molecule has 0 aromatic carbocycles. The Morgan fingerprint density at radius 1 is 1.29 bits per heavy atom. The number of rotatable bonds is 4. The highest BCUT2D eigenvalue weighted by atomic mass is 16.2. The van der Waals surface area contributed by atoms with Crippen LogP contribution in [0.3, 0.4) is 0 Å². The second-order valence-electron chi connectivity index (χ2n) is 8.86. The number of urea groups is 1. The van der Waals surface area contributed by atoms with Crippen LogP contribution in [-0.4, -0.2) is 40.9 Å². The van der Waals surface area contributed by atoms with Crippen molar-refractivity contribution in [2.75, 3.05) is 6.54 Å². The predicted molar refractivity (Wildman–Crippen MR) is 92.2 cm³/mol. The Bertz CT molecular complexity index is 544. The molecule has 1 heterocycles. The van der Waals surface area contributed by atoms with E-state index in [1.54, 1.807) is 0 Å². The van der Waals surface area contributed by atoms with E-state index in [-0.39, 0.29) is 29.8 Å². The molecule has 3 unspecified atom stereocenters. The molecule has 1 aliphatic carbocycles. The van der Waals surface area contributed by atoms with E-state index in [0.29, 0.717) is 24.7 Å². The van der Waals surface area contributed by atoms with Crippen LogP contribution in [0.15, 0.2) is 0 Å². The summed E-state index contributed by atoms with van der Waals surface area (Å²) in [4.78, 5) is 38.6. The molecule has 6 heteroatoms. The van der Waals surface area contributed by atoms with E-state index in [9.17, 15) is 14.4 Å². The Balaban J connectivity index is 2.10. The maximum Gasteiger partial charge on any atom is 0.325 e. The Kier molecular flexibility index (Phi) is 4.98. The zero-order chi connectivity index (χ0) is 18.3. The van der Waals surface area contributed by atoms with Crippen molar-refractivity contribution in [3.63, 3.8) is 0 Å². The number of amides is 4. The van der Waals surface area contributed by atoms with Gasteiger partial charge in [-0.1, -0.05) is 34.6 Å². The fourth-order valence-electron chi connectivity index (χ4n) is 4.26. The Labute approximate surface area is 144 Å². The summed E-state index contributed by atoms with van der Waals surface area (Å²) in [7, 11) is 0. The van der Waals surface area contributed by atoms with Crippen molar-refractivity contribution in [1.82, 2.24) is 15.5 Å². The summed E-state index contributed by atoms with van der Waals surface area (Å²) in [6, 6.07) is -0.446. The number of nitrogens with one attached hydrogen (secondary N) is 2. The second kappa shape index (κ2) is 6.37. The molecule has 3 atom stereocenters. The third-order valence-corrected chi connectivity index (χ3v) is 5.31. The molecule has 2 aliphatic rings. The maximum atomic E-state index is 12.9. The third-order valence-electron chi connectivity index (χ3n) is 5.31. The largest absolute Gasteiger partial charge is 0.352 e. The molecule has 6 nitrogen and oxygen atoms in total. The van der Waals surface area contributed by atoms with Crippen molar-refractivity contribution >= 4 is 17.8 Å². The zero-order valence-electron chi connectivity index (χ0n) is 15.7. The van der Waals surface area contributed by atoms with Crippen molar-refractivity contribution < 1.29 is 14.4 Å². The van der Waals surface area contributed by atoms with Gasteiger partial charge in [-0.3, -0.25) is 14.5 Å². The summed E-state index contributed by atoms with van der Waals surface area (Å²) in [5, 5.41) is 5.74. The molecule has 1 spiro atoms. The quantitative estimate of drug-likeness (QED) is 0.773. The van der Waals surface area contributed by atoms with Gasteiger partial charge in [-0.25, -0.2) is 4.79 Å². The lowest BCUT2D eigenvalue weighted by Crippen LogP contribution is -2.54. The van der Waals surface area contributed by atoms with E-state index in [4.69, 9.17) is 0 Å². The first-order chi connectivity index (χ1) is 11.0. The number of hydrogen-bond acceptors (Lipinski definition) is 3. The molecular formula is C18H31N3O3. The van der Waals surface area contributed by atoms with Crippen molar-refractivity contribution in [3.05, 3.63) is 0 Å². The van der Waals surface area contributed by atoms with Crippen molar-refractivity contribution in [1.29, 1.82) is 0 Å². The molecule has 4 amide bonds. The number of carbonyl (C=O) groups is 3. The summed E-state index contributed by atoms with van der Waals surface area (Å²) in [5.74, 6) is 0.107. The fourth-order valence-corrected chi connectivity index (χ4v) is 4.26. The van der Waals surface area contributed by atoms with Crippen LogP contribution in [0, 0.1) is 17.3 Å². The van der Waals surface area contributed by atoms with Crippen LogP contribution < -0.4 is 10.6 Å². The maximum absolute atomic E-state index is 12.9. The third kappa shape index (κ3) is 3.73. The molecule has 1 saturated heterocycles. The molecule has 0 aromatic rings. The van der Waals surface area contributed by atoms with Gasteiger partial charge in [-0.2, -0.15) is 0 Å². The monoisotopic (exact) mass is 337 g/mol. The van der Waals surface area contributed by atoms with Crippen molar-refractivity contribution in [2.45, 2.75) is 72.4 Å². The van der Waals surface area contributed by atoms with Gasteiger partial charge in [0.25, 0.3) is 5.91 Å². The molecule has 2 fully saturated rings. The van der Waals surface area contributed by atoms with Crippen LogP contribution in [0.1, 0.15) is 60.8 Å². The van der Waals surface area contributed by atoms with Crippen LogP contribution in [0.5, 0.6) is 0 Å². The minimum atomic E-state index is -0.845.